The maximum Gasteiger partial charge on any atom is 0.137 e. The maximum atomic E-state index is 11.0. The van der Waals surface area contributed by atoms with E-state index in [1.54, 1.807) is 0 Å². The molecule has 0 aliphatic carbocycles. The Morgan fingerprint density at radius 3 is 3.04 bits per heavy atom. The molecule has 25 heavy (non-hydrogen) atoms. The summed E-state index contributed by atoms with van der Waals surface area (Å²) < 4.78 is 0. The van der Waals surface area contributed by atoms with Crippen LogP contribution in [0.15, 0.2) is 30.6 Å². The van der Waals surface area contributed by atoms with Gasteiger partial charge < -0.3 is 15.0 Å². The Hall–Kier alpha value is -1.69. The minimum absolute atomic E-state index is 0.551. The summed E-state index contributed by atoms with van der Waals surface area (Å²) in [6, 6.07) is 4.12. The van der Waals surface area contributed by atoms with Crippen molar-refractivity contribution in [1.29, 1.82) is 0 Å². The van der Waals surface area contributed by atoms with E-state index in [1.165, 1.54) is 16.5 Å². The molecule has 4 rings (SSSR count). The summed E-state index contributed by atoms with van der Waals surface area (Å²) >= 11 is 0. The fourth-order valence-corrected chi connectivity index (χ4v) is 4.34. The normalized spacial score (nSPS) is 26.1. The molecule has 2 aliphatic heterocycles. The Morgan fingerprint density at radius 1 is 1.32 bits per heavy atom. The lowest BCUT2D eigenvalue weighted by molar-refractivity contribution is -0.0504. The molecule has 0 bridgehead atoms. The number of aliphatic hydroxyl groups is 1. The molecule has 0 unspecified atom stereocenters. The highest BCUT2D eigenvalue weighted by Crippen LogP contribution is 2.29. The molecule has 2 aromatic rings. The molecule has 2 aromatic heterocycles. The van der Waals surface area contributed by atoms with Crippen LogP contribution in [0.4, 0.5) is 0 Å². The van der Waals surface area contributed by atoms with Gasteiger partial charge in [-0.25, -0.2) is 4.98 Å². The summed E-state index contributed by atoms with van der Waals surface area (Å²) in [5, 5.41) is 12.2. The van der Waals surface area contributed by atoms with Crippen LogP contribution in [0.5, 0.6) is 0 Å². The van der Waals surface area contributed by atoms with Crippen molar-refractivity contribution in [2.24, 2.45) is 0 Å². The van der Waals surface area contributed by atoms with Crippen molar-refractivity contribution in [2.75, 3.05) is 39.3 Å². The molecule has 0 saturated carbocycles. The fourth-order valence-electron chi connectivity index (χ4n) is 4.34. The maximum absolute atomic E-state index is 11.0. The molecule has 1 saturated heterocycles. The van der Waals surface area contributed by atoms with Crippen molar-refractivity contribution in [1.82, 2.24) is 19.8 Å². The van der Waals surface area contributed by atoms with Crippen molar-refractivity contribution >= 4 is 16.6 Å². The predicted octanol–water partition coefficient (Wildman–Crippen LogP) is 2.50. The number of nitrogens with one attached hydrogen (secondary N) is 1. The van der Waals surface area contributed by atoms with Gasteiger partial charge in [0.1, 0.15) is 5.65 Å². The lowest BCUT2D eigenvalue weighted by atomic mass is 9.91. The van der Waals surface area contributed by atoms with Gasteiger partial charge in [-0.1, -0.05) is 13.0 Å². The van der Waals surface area contributed by atoms with Gasteiger partial charge in [-0.05, 0) is 50.1 Å². The molecule has 1 fully saturated rings. The number of aromatic nitrogens is 2. The van der Waals surface area contributed by atoms with Gasteiger partial charge in [0.15, 0.2) is 0 Å². The van der Waals surface area contributed by atoms with Crippen LogP contribution in [0.1, 0.15) is 31.7 Å². The highest BCUT2D eigenvalue weighted by atomic mass is 16.3. The average Bonchev–Trinajstić information content (AvgIpc) is 3.06. The summed E-state index contributed by atoms with van der Waals surface area (Å²) in [4.78, 5) is 12.4. The summed E-state index contributed by atoms with van der Waals surface area (Å²) in [5.74, 6) is 0. The first-order valence-electron chi connectivity index (χ1n) is 9.45. The minimum atomic E-state index is -0.551. The number of H-pyrrole nitrogens is 1. The number of piperidine rings is 1. The van der Waals surface area contributed by atoms with Crippen LogP contribution in [-0.4, -0.2) is 69.7 Å². The van der Waals surface area contributed by atoms with E-state index in [2.05, 4.69) is 45.0 Å². The van der Waals surface area contributed by atoms with E-state index in [9.17, 15) is 5.11 Å². The van der Waals surface area contributed by atoms with Gasteiger partial charge in [0.2, 0.25) is 0 Å². The Morgan fingerprint density at radius 2 is 2.24 bits per heavy atom. The zero-order valence-corrected chi connectivity index (χ0v) is 15.0. The summed E-state index contributed by atoms with van der Waals surface area (Å²) in [7, 11) is 0. The third-order valence-electron chi connectivity index (χ3n) is 5.69. The lowest BCUT2D eigenvalue weighted by Gasteiger charge is -2.42. The van der Waals surface area contributed by atoms with Crippen LogP contribution in [0.25, 0.3) is 16.6 Å². The van der Waals surface area contributed by atoms with E-state index in [0.29, 0.717) is 0 Å². The third-order valence-corrected chi connectivity index (χ3v) is 5.69. The molecule has 2 aliphatic rings. The van der Waals surface area contributed by atoms with Crippen LogP contribution in [0.2, 0.25) is 0 Å². The van der Waals surface area contributed by atoms with Crippen LogP contribution in [0, 0.1) is 0 Å². The molecule has 0 amide bonds. The number of hydrogen-bond acceptors (Lipinski definition) is 4. The van der Waals surface area contributed by atoms with Crippen LogP contribution >= 0.6 is 0 Å². The molecule has 2 N–H and O–H groups in total. The summed E-state index contributed by atoms with van der Waals surface area (Å²) in [6.45, 7) is 7.84. The second-order valence-corrected chi connectivity index (χ2v) is 7.51. The number of hydrogen-bond donors (Lipinski definition) is 2. The molecule has 1 atom stereocenters. The molecule has 5 nitrogen and oxygen atoms in total. The Kier molecular flexibility index (Phi) is 4.63. The number of rotatable bonds is 4. The van der Waals surface area contributed by atoms with Crippen molar-refractivity contribution in [3.05, 3.63) is 36.2 Å². The van der Waals surface area contributed by atoms with E-state index >= 15 is 0 Å². The Balaban J connectivity index is 1.44. The lowest BCUT2D eigenvalue weighted by Crippen LogP contribution is -2.54. The SMILES string of the molecule is CCN1CCC[C@](O)(CN2CC=C(c3c[nH]c4ncccc34)CC2)C1. The van der Waals surface area contributed by atoms with Gasteiger partial charge in [-0.2, -0.15) is 0 Å². The van der Waals surface area contributed by atoms with Crippen molar-refractivity contribution in [2.45, 2.75) is 31.8 Å². The minimum Gasteiger partial charge on any atom is -0.387 e. The topological polar surface area (TPSA) is 55.4 Å². The van der Waals surface area contributed by atoms with E-state index < -0.39 is 5.60 Å². The average molecular weight is 340 g/mol. The largest absolute Gasteiger partial charge is 0.387 e. The van der Waals surface area contributed by atoms with E-state index in [0.717, 1.165) is 64.2 Å². The standard InChI is InChI=1S/C20H28N4O/c1-2-23-10-4-8-20(25,14-23)15-24-11-6-16(7-12-24)18-13-22-19-17(18)5-3-9-21-19/h3,5-6,9,13,25H,2,4,7-8,10-12,14-15H2,1H3,(H,21,22)/t20-/m1/s1. The predicted molar refractivity (Wildman–Crippen MR) is 101 cm³/mol. The van der Waals surface area contributed by atoms with Gasteiger partial charge in [0.25, 0.3) is 0 Å². The van der Waals surface area contributed by atoms with E-state index in [1.807, 2.05) is 12.3 Å². The molecular formula is C20H28N4O. The molecule has 0 aromatic carbocycles. The molecule has 4 heterocycles. The van der Waals surface area contributed by atoms with Gasteiger partial charge in [0.05, 0.1) is 5.60 Å². The van der Waals surface area contributed by atoms with Gasteiger partial charge in [-0.3, -0.25) is 4.90 Å². The summed E-state index contributed by atoms with van der Waals surface area (Å²) in [5.41, 5.74) is 3.07. The van der Waals surface area contributed by atoms with Crippen molar-refractivity contribution < 1.29 is 5.11 Å². The number of nitrogens with zero attached hydrogens (tertiary/aromatic N) is 3. The third kappa shape index (κ3) is 3.50. The van der Waals surface area contributed by atoms with Crippen LogP contribution < -0.4 is 0 Å². The molecular weight excluding hydrogens is 312 g/mol. The molecule has 5 heteroatoms. The second-order valence-electron chi connectivity index (χ2n) is 7.51. The first kappa shape index (κ1) is 16.8. The zero-order chi connectivity index (χ0) is 17.3. The van der Waals surface area contributed by atoms with E-state index in [4.69, 9.17) is 0 Å². The first-order valence-corrected chi connectivity index (χ1v) is 9.45. The number of likely N-dealkylation sites (N-methyl/N-ethyl adjacent to an activating group) is 1. The monoisotopic (exact) mass is 340 g/mol. The Bertz CT molecular complexity index is 768. The number of likely N-dealkylation sites (tertiary alicyclic amines) is 1. The molecule has 0 spiro atoms. The molecule has 0 radical (unpaired) electrons. The Labute approximate surface area is 149 Å². The van der Waals surface area contributed by atoms with Crippen molar-refractivity contribution in [3.8, 4) is 0 Å². The number of β-amino-alcohol motifs (C(OH)–C–C–N with tert-alkyl or cyclic N) is 1. The van der Waals surface area contributed by atoms with Crippen LogP contribution in [-0.2, 0) is 0 Å². The van der Waals surface area contributed by atoms with Gasteiger partial charge in [0, 0.05) is 49.5 Å². The zero-order valence-electron chi connectivity index (χ0n) is 15.0. The highest BCUT2D eigenvalue weighted by Gasteiger charge is 2.34. The van der Waals surface area contributed by atoms with Gasteiger partial charge in [-0.15, -0.1) is 0 Å². The number of aromatic amines is 1. The quantitative estimate of drug-likeness (QED) is 0.898. The smallest absolute Gasteiger partial charge is 0.137 e. The summed E-state index contributed by atoms with van der Waals surface area (Å²) in [6.07, 6.45) is 9.27. The first-order chi connectivity index (χ1) is 12.2. The van der Waals surface area contributed by atoms with E-state index in [-0.39, 0.29) is 0 Å². The van der Waals surface area contributed by atoms with Crippen LogP contribution in [0.3, 0.4) is 0 Å². The molecule has 134 valence electrons. The van der Waals surface area contributed by atoms with Gasteiger partial charge >= 0.3 is 0 Å². The highest BCUT2D eigenvalue weighted by molar-refractivity contribution is 5.90. The fraction of sp³-hybridized carbons (Fsp3) is 0.550. The second kappa shape index (κ2) is 6.90. The number of fused-ring (bicyclic) bond motifs is 1. The number of pyridine rings is 1. The van der Waals surface area contributed by atoms with Crippen molar-refractivity contribution in [3.63, 3.8) is 0 Å².